The summed E-state index contributed by atoms with van der Waals surface area (Å²) in [5.41, 5.74) is -4.22. The lowest BCUT2D eigenvalue weighted by molar-refractivity contribution is -0.384. The van der Waals surface area contributed by atoms with Crippen molar-refractivity contribution in [1.82, 2.24) is 14.9 Å². The molecule has 0 spiro atoms. The zero-order valence-electron chi connectivity index (χ0n) is 23.0. The molecule has 0 saturated carbocycles. The number of rotatable bonds is 9. The Bertz CT molecular complexity index is 1490. The first-order chi connectivity index (χ1) is 19.6. The first-order valence-electron chi connectivity index (χ1n) is 12.6. The number of hydrogen-bond acceptors (Lipinski definition) is 10. The number of hydrogen-bond donors (Lipinski definition) is 3. The molecule has 1 saturated heterocycles. The Morgan fingerprint density at radius 2 is 1.93 bits per heavy atom. The maximum absolute atomic E-state index is 14.1. The summed E-state index contributed by atoms with van der Waals surface area (Å²) in [5.74, 6) is -1.03. The van der Waals surface area contributed by atoms with Gasteiger partial charge in [0.2, 0.25) is 5.95 Å². The van der Waals surface area contributed by atoms with Gasteiger partial charge in [-0.25, -0.2) is 9.37 Å². The molecule has 42 heavy (non-hydrogen) atoms. The molecule has 3 aromatic rings. The highest BCUT2D eigenvalue weighted by Gasteiger charge is 2.52. The lowest BCUT2D eigenvalue weighted by Crippen LogP contribution is -2.39. The van der Waals surface area contributed by atoms with E-state index in [1.54, 1.807) is 6.07 Å². The number of anilines is 5. The highest BCUT2D eigenvalue weighted by Crippen LogP contribution is 2.44. The summed E-state index contributed by atoms with van der Waals surface area (Å²) in [4.78, 5) is 23.8. The van der Waals surface area contributed by atoms with E-state index in [0.717, 1.165) is 12.5 Å². The number of ether oxygens (including phenoxy) is 1. The van der Waals surface area contributed by atoms with Gasteiger partial charge in [-0.15, -0.1) is 0 Å². The first kappa shape index (κ1) is 31.0. The fourth-order valence-electron chi connectivity index (χ4n) is 4.56. The number of nitrogens with one attached hydrogen (secondary N) is 2. The number of alkyl halides is 3. The number of aromatic nitrogens is 2. The smallest absolute Gasteiger partial charge is 0.421 e. The van der Waals surface area contributed by atoms with Crippen molar-refractivity contribution in [3.8, 4) is 5.75 Å². The molecule has 0 aliphatic carbocycles. The van der Waals surface area contributed by atoms with Crippen LogP contribution < -0.4 is 20.3 Å². The molecule has 1 fully saturated rings. The highest BCUT2D eigenvalue weighted by molar-refractivity contribution is 6.31. The molecule has 0 amide bonds. The Kier molecular flexibility index (Phi) is 8.66. The number of aliphatic hydroxyl groups is 1. The second kappa shape index (κ2) is 11.7. The second-order valence-electron chi connectivity index (χ2n) is 10.0. The second-order valence-corrected chi connectivity index (χ2v) is 10.5. The van der Waals surface area contributed by atoms with E-state index in [-0.39, 0.29) is 40.6 Å². The molecule has 11 nitrogen and oxygen atoms in total. The van der Waals surface area contributed by atoms with E-state index in [2.05, 4.69) is 25.5 Å². The van der Waals surface area contributed by atoms with Crippen LogP contribution in [0.2, 0.25) is 5.02 Å². The summed E-state index contributed by atoms with van der Waals surface area (Å²) >= 11 is 5.81. The Morgan fingerprint density at radius 1 is 1.21 bits per heavy atom. The third kappa shape index (κ3) is 6.27. The van der Waals surface area contributed by atoms with Gasteiger partial charge in [-0.1, -0.05) is 11.6 Å². The predicted octanol–water partition coefficient (Wildman–Crippen LogP) is 5.58. The molecule has 2 atom stereocenters. The molecule has 16 heteroatoms. The van der Waals surface area contributed by atoms with Crippen LogP contribution in [0.3, 0.4) is 0 Å². The van der Waals surface area contributed by atoms with Crippen LogP contribution in [0.1, 0.15) is 18.9 Å². The van der Waals surface area contributed by atoms with Crippen LogP contribution in [-0.4, -0.2) is 71.4 Å². The Hall–Kier alpha value is -3.95. The van der Waals surface area contributed by atoms with E-state index in [1.807, 2.05) is 19.0 Å². The van der Waals surface area contributed by atoms with Gasteiger partial charge in [0.25, 0.3) is 5.69 Å². The fraction of sp³-hybridized carbons (Fsp3) is 0.385. The van der Waals surface area contributed by atoms with Gasteiger partial charge in [-0.2, -0.15) is 18.2 Å². The minimum Gasteiger partial charge on any atom is -0.494 e. The van der Waals surface area contributed by atoms with Gasteiger partial charge in [0.1, 0.15) is 23.1 Å². The van der Waals surface area contributed by atoms with Gasteiger partial charge in [0.15, 0.2) is 5.60 Å². The van der Waals surface area contributed by atoms with Crippen molar-refractivity contribution in [2.75, 3.05) is 49.8 Å². The van der Waals surface area contributed by atoms with Gasteiger partial charge < -0.3 is 30.3 Å². The van der Waals surface area contributed by atoms with Crippen molar-refractivity contribution in [2.45, 2.75) is 31.2 Å². The molecular weight excluding hydrogens is 586 g/mol. The minimum absolute atomic E-state index is 0.0497. The molecule has 1 aliphatic rings. The van der Waals surface area contributed by atoms with Crippen LogP contribution in [-0.2, 0) is 5.60 Å². The predicted molar refractivity (Wildman–Crippen MR) is 150 cm³/mol. The quantitative estimate of drug-likeness (QED) is 0.160. The zero-order chi connectivity index (χ0) is 31.0. The van der Waals surface area contributed by atoms with E-state index in [0.29, 0.717) is 31.8 Å². The summed E-state index contributed by atoms with van der Waals surface area (Å²) in [7, 11) is 5.29. The van der Waals surface area contributed by atoms with Crippen LogP contribution in [0.15, 0.2) is 36.5 Å². The molecule has 2 heterocycles. The Morgan fingerprint density at radius 3 is 2.52 bits per heavy atom. The molecule has 2 aromatic carbocycles. The third-order valence-corrected chi connectivity index (χ3v) is 7.32. The number of nitro groups is 1. The number of benzene rings is 2. The molecule has 1 unspecified atom stereocenters. The number of halogens is 5. The van der Waals surface area contributed by atoms with Gasteiger partial charge >= 0.3 is 6.18 Å². The van der Waals surface area contributed by atoms with Gasteiger partial charge in [0, 0.05) is 48.7 Å². The number of nitrogens with zero attached hydrogens (tertiary/aromatic N) is 5. The number of nitro benzene ring substituents is 1. The molecule has 1 aliphatic heterocycles. The Balaban J connectivity index is 1.66. The number of methoxy groups -OCH3 is 1. The monoisotopic (exact) mass is 613 g/mol. The van der Waals surface area contributed by atoms with E-state index in [1.165, 1.54) is 25.4 Å². The highest BCUT2D eigenvalue weighted by atomic mass is 35.5. The molecule has 226 valence electrons. The molecule has 1 aromatic heterocycles. The minimum atomic E-state index is -5.14. The summed E-state index contributed by atoms with van der Waals surface area (Å²) in [5, 5.41) is 27.2. The normalized spacial score (nSPS) is 16.8. The Labute approximate surface area is 243 Å². The lowest BCUT2D eigenvalue weighted by Gasteiger charge is -2.29. The first-order valence-corrected chi connectivity index (χ1v) is 12.9. The number of likely N-dealkylation sites (N-methyl/N-ethyl adjacent to an activating group) is 1. The summed E-state index contributed by atoms with van der Waals surface area (Å²) in [6, 6.07) is 5.77. The van der Waals surface area contributed by atoms with Gasteiger partial charge in [0.05, 0.1) is 22.7 Å². The van der Waals surface area contributed by atoms with Crippen molar-refractivity contribution in [3.63, 3.8) is 0 Å². The van der Waals surface area contributed by atoms with Crippen molar-refractivity contribution >= 4 is 46.1 Å². The van der Waals surface area contributed by atoms with Crippen LogP contribution in [0, 0.1) is 15.9 Å². The van der Waals surface area contributed by atoms with Crippen LogP contribution in [0.4, 0.5) is 52.1 Å². The molecule has 0 radical (unpaired) electrons. The van der Waals surface area contributed by atoms with Gasteiger partial charge in [-0.3, -0.25) is 10.1 Å². The van der Waals surface area contributed by atoms with Crippen LogP contribution >= 0.6 is 11.6 Å². The molecule has 0 bridgehead atoms. The van der Waals surface area contributed by atoms with E-state index >= 15 is 0 Å². The van der Waals surface area contributed by atoms with Gasteiger partial charge in [-0.05, 0) is 45.6 Å². The standard InChI is InChI=1S/C26H28ClF4N7O4/c1-25(39,26(29,30)31)15-9-17(28)16(27)10-18(15)33-23-5-7-32-24(35-23)34-19-11-21(38(40)41)20(12-22(19)42-4)37-8-6-14(13-37)36(2)3/h5,7,9-12,14,39H,6,8,13H2,1-4H3,(H2,32,33,34,35)/t14-,25?/m1/s1. The summed E-state index contributed by atoms with van der Waals surface area (Å²) in [6.45, 7) is 1.70. The van der Waals surface area contributed by atoms with Crippen molar-refractivity contribution in [2.24, 2.45) is 0 Å². The van der Waals surface area contributed by atoms with E-state index < -0.39 is 33.1 Å². The fourth-order valence-corrected chi connectivity index (χ4v) is 4.72. The average molecular weight is 614 g/mol. The molecule has 4 rings (SSSR count). The SMILES string of the molecule is COc1cc(N2CC[C@@H](N(C)C)C2)c([N+](=O)[O-])cc1Nc1nccc(Nc2cc(Cl)c(F)cc2C(C)(O)C(F)(F)F)n1. The lowest BCUT2D eigenvalue weighted by atomic mass is 9.93. The summed E-state index contributed by atoms with van der Waals surface area (Å²) in [6.07, 6.45) is -3.04. The van der Waals surface area contributed by atoms with E-state index in [9.17, 15) is 32.8 Å². The van der Waals surface area contributed by atoms with Crippen molar-refractivity contribution in [3.05, 3.63) is 63.0 Å². The molecular formula is C26H28ClF4N7O4. The van der Waals surface area contributed by atoms with Crippen LogP contribution in [0.5, 0.6) is 5.75 Å². The molecule has 3 N–H and O–H groups in total. The largest absolute Gasteiger partial charge is 0.494 e. The summed E-state index contributed by atoms with van der Waals surface area (Å²) < 4.78 is 60.4. The maximum atomic E-state index is 14.1. The zero-order valence-corrected chi connectivity index (χ0v) is 23.7. The third-order valence-electron chi connectivity index (χ3n) is 7.03. The van der Waals surface area contributed by atoms with Crippen molar-refractivity contribution in [1.29, 1.82) is 0 Å². The van der Waals surface area contributed by atoms with Crippen LogP contribution in [0.25, 0.3) is 0 Å². The average Bonchev–Trinajstić information content (AvgIpc) is 3.40. The van der Waals surface area contributed by atoms with Crippen molar-refractivity contribution < 1.29 is 32.3 Å². The topological polar surface area (TPSA) is 129 Å². The maximum Gasteiger partial charge on any atom is 0.421 e. The van der Waals surface area contributed by atoms with E-state index in [4.69, 9.17) is 16.3 Å².